The molecule has 0 aliphatic carbocycles. The molecule has 21 heavy (non-hydrogen) atoms. The van der Waals surface area contributed by atoms with Gasteiger partial charge in [-0.2, -0.15) is 5.10 Å². The number of nitrogens with one attached hydrogen (secondary N) is 1. The second-order valence-corrected chi connectivity index (χ2v) is 4.60. The first-order valence-electron chi connectivity index (χ1n) is 6.46. The van der Waals surface area contributed by atoms with Crippen molar-refractivity contribution in [2.24, 2.45) is 0 Å². The molecule has 3 aromatic rings. The highest BCUT2D eigenvalue weighted by Gasteiger charge is 2.11. The number of hydrogen-bond donors (Lipinski definition) is 1. The molecular weight excluding hydrogens is 286 g/mol. The van der Waals surface area contributed by atoms with E-state index in [2.05, 4.69) is 20.2 Å². The maximum absolute atomic E-state index is 5.34. The summed E-state index contributed by atoms with van der Waals surface area (Å²) in [5.74, 6) is 1.28. The Kier molecular flexibility index (Phi) is 3.74. The zero-order valence-corrected chi connectivity index (χ0v) is 12.2. The number of rotatable bonds is 4. The molecule has 0 unspecified atom stereocenters. The van der Waals surface area contributed by atoms with Crippen LogP contribution in [0.5, 0.6) is 5.88 Å². The molecule has 3 aromatic heterocycles. The van der Waals surface area contributed by atoms with Crippen LogP contribution >= 0.6 is 12.2 Å². The van der Waals surface area contributed by atoms with Crippen molar-refractivity contribution in [2.75, 3.05) is 6.61 Å². The molecule has 3 heterocycles. The van der Waals surface area contributed by atoms with Gasteiger partial charge in [0.1, 0.15) is 0 Å². The third kappa shape index (κ3) is 2.68. The van der Waals surface area contributed by atoms with Crippen molar-refractivity contribution < 1.29 is 4.74 Å². The quantitative estimate of drug-likeness (QED) is 0.750. The summed E-state index contributed by atoms with van der Waals surface area (Å²) in [6.45, 7) is 2.50. The number of H-pyrrole nitrogens is 1. The number of hydrogen-bond acceptors (Lipinski definition) is 5. The van der Waals surface area contributed by atoms with E-state index in [1.165, 1.54) is 0 Å². The van der Waals surface area contributed by atoms with Crippen LogP contribution in [0.25, 0.3) is 17.1 Å². The Labute approximate surface area is 126 Å². The number of aromatic amines is 1. The first kappa shape index (κ1) is 13.4. The second-order valence-electron chi connectivity index (χ2n) is 4.22. The third-order valence-electron chi connectivity index (χ3n) is 2.86. The van der Waals surface area contributed by atoms with Crippen LogP contribution in [0, 0.1) is 4.77 Å². The van der Waals surface area contributed by atoms with Crippen molar-refractivity contribution in [1.29, 1.82) is 0 Å². The van der Waals surface area contributed by atoms with Crippen molar-refractivity contribution >= 4 is 12.2 Å². The molecule has 0 saturated heterocycles. The Hall–Kier alpha value is -2.54. The summed E-state index contributed by atoms with van der Waals surface area (Å²) >= 11 is 5.30. The zero-order chi connectivity index (χ0) is 14.7. The molecule has 0 atom stereocenters. The molecule has 0 radical (unpaired) electrons. The monoisotopic (exact) mass is 299 g/mol. The Bertz CT molecular complexity index is 779. The van der Waals surface area contributed by atoms with E-state index in [-0.39, 0.29) is 0 Å². The summed E-state index contributed by atoms with van der Waals surface area (Å²) in [5.41, 5.74) is 1.69. The van der Waals surface area contributed by atoms with Crippen LogP contribution in [0.15, 0.2) is 42.9 Å². The van der Waals surface area contributed by atoms with Gasteiger partial charge in [0.25, 0.3) is 0 Å². The topological polar surface area (TPSA) is 68.6 Å². The van der Waals surface area contributed by atoms with E-state index in [9.17, 15) is 0 Å². The Morgan fingerprint density at radius 2 is 2.19 bits per heavy atom. The molecule has 106 valence electrons. The Morgan fingerprint density at radius 3 is 2.86 bits per heavy atom. The van der Waals surface area contributed by atoms with Gasteiger partial charge in [-0.05, 0) is 37.3 Å². The van der Waals surface area contributed by atoms with E-state index in [0.29, 0.717) is 23.1 Å². The molecule has 0 spiro atoms. The van der Waals surface area contributed by atoms with Crippen LogP contribution in [-0.4, -0.2) is 31.3 Å². The molecule has 0 fully saturated rings. The minimum absolute atomic E-state index is 0.500. The van der Waals surface area contributed by atoms with Crippen LogP contribution in [0.1, 0.15) is 6.92 Å². The van der Waals surface area contributed by atoms with Gasteiger partial charge in [-0.15, -0.1) is 0 Å². The normalized spacial score (nSPS) is 10.5. The van der Waals surface area contributed by atoms with E-state index < -0.39 is 0 Å². The fourth-order valence-electron chi connectivity index (χ4n) is 1.96. The van der Waals surface area contributed by atoms with Gasteiger partial charge in [-0.1, -0.05) is 0 Å². The van der Waals surface area contributed by atoms with E-state index in [4.69, 9.17) is 17.0 Å². The minimum atomic E-state index is 0.500. The van der Waals surface area contributed by atoms with Crippen molar-refractivity contribution in [1.82, 2.24) is 24.7 Å². The predicted molar refractivity (Wildman–Crippen MR) is 80.9 cm³/mol. The number of ether oxygens (including phenoxy) is 1. The van der Waals surface area contributed by atoms with E-state index in [0.717, 1.165) is 11.3 Å². The fraction of sp³-hybridized carbons (Fsp3) is 0.143. The predicted octanol–water partition coefficient (Wildman–Crippen LogP) is 2.79. The fourth-order valence-corrected chi connectivity index (χ4v) is 2.20. The molecule has 7 heteroatoms. The van der Waals surface area contributed by atoms with E-state index in [1.54, 1.807) is 24.7 Å². The van der Waals surface area contributed by atoms with E-state index >= 15 is 0 Å². The van der Waals surface area contributed by atoms with Gasteiger partial charge in [0.05, 0.1) is 18.5 Å². The highest BCUT2D eigenvalue weighted by molar-refractivity contribution is 7.71. The van der Waals surface area contributed by atoms with Gasteiger partial charge in [0.2, 0.25) is 5.88 Å². The SMILES string of the molecule is CCOc1ccc(-n2c(-c3cccnc3)n[nH]c2=S)cn1. The standard InChI is InChI=1S/C14H13N5OS/c1-2-20-12-6-5-11(9-16-12)19-13(17-18-14(19)21)10-4-3-7-15-8-10/h3-9H,2H2,1H3,(H,18,21). The number of nitrogens with zero attached hydrogens (tertiary/aromatic N) is 4. The molecule has 6 nitrogen and oxygen atoms in total. The number of pyridine rings is 2. The van der Waals surface area contributed by atoms with Gasteiger partial charge < -0.3 is 4.74 Å². The van der Waals surface area contributed by atoms with Gasteiger partial charge in [0, 0.05) is 24.0 Å². The molecule has 3 rings (SSSR count). The second kappa shape index (κ2) is 5.84. The summed E-state index contributed by atoms with van der Waals surface area (Å²) in [4.78, 5) is 8.36. The lowest BCUT2D eigenvalue weighted by molar-refractivity contribution is 0.327. The van der Waals surface area contributed by atoms with Gasteiger partial charge in [-0.3, -0.25) is 14.6 Å². The summed E-state index contributed by atoms with van der Waals surface area (Å²) < 4.78 is 7.66. The summed E-state index contributed by atoms with van der Waals surface area (Å²) in [7, 11) is 0. The molecule has 0 aromatic carbocycles. The van der Waals surface area contributed by atoms with Gasteiger partial charge >= 0.3 is 0 Å². The van der Waals surface area contributed by atoms with Crippen molar-refractivity contribution in [2.45, 2.75) is 6.92 Å². The minimum Gasteiger partial charge on any atom is -0.478 e. The average Bonchev–Trinajstić information content (AvgIpc) is 2.91. The Balaban J connectivity index is 2.06. The highest BCUT2D eigenvalue weighted by atomic mass is 32.1. The summed E-state index contributed by atoms with van der Waals surface area (Å²) in [6.07, 6.45) is 5.16. The Morgan fingerprint density at radius 1 is 1.29 bits per heavy atom. The summed E-state index contributed by atoms with van der Waals surface area (Å²) in [6, 6.07) is 7.48. The van der Waals surface area contributed by atoms with Crippen LogP contribution in [0.3, 0.4) is 0 Å². The number of aromatic nitrogens is 5. The van der Waals surface area contributed by atoms with Crippen molar-refractivity contribution in [3.8, 4) is 23.0 Å². The average molecular weight is 299 g/mol. The molecule has 1 N–H and O–H groups in total. The van der Waals surface area contributed by atoms with Crippen LogP contribution < -0.4 is 4.74 Å². The van der Waals surface area contributed by atoms with Gasteiger partial charge in [0.15, 0.2) is 10.6 Å². The van der Waals surface area contributed by atoms with Crippen molar-refractivity contribution in [3.63, 3.8) is 0 Å². The molecule has 0 aliphatic rings. The van der Waals surface area contributed by atoms with E-state index in [1.807, 2.05) is 29.7 Å². The third-order valence-corrected chi connectivity index (χ3v) is 3.14. The lowest BCUT2D eigenvalue weighted by atomic mass is 10.2. The molecule has 0 amide bonds. The molecule has 0 saturated carbocycles. The largest absolute Gasteiger partial charge is 0.478 e. The maximum Gasteiger partial charge on any atom is 0.213 e. The smallest absolute Gasteiger partial charge is 0.213 e. The lowest BCUT2D eigenvalue weighted by Gasteiger charge is -2.07. The molecular formula is C14H13N5OS. The maximum atomic E-state index is 5.34. The molecule has 0 bridgehead atoms. The van der Waals surface area contributed by atoms with Gasteiger partial charge in [-0.25, -0.2) is 4.98 Å². The van der Waals surface area contributed by atoms with Crippen LogP contribution in [0.2, 0.25) is 0 Å². The zero-order valence-electron chi connectivity index (χ0n) is 11.4. The van der Waals surface area contributed by atoms with Crippen LogP contribution in [0.4, 0.5) is 0 Å². The lowest BCUT2D eigenvalue weighted by Crippen LogP contribution is -2.00. The molecule has 0 aliphatic heterocycles. The first-order valence-corrected chi connectivity index (χ1v) is 6.87. The van der Waals surface area contributed by atoms with Crippen LogP contribution in [-0.2, 0) is 0 Å². The van der Waals surface area contributed by atoms with Crippen molar-refractivity contribution in [3.05, 3.63) is 47.6 Å². The first-order chi connectivity index (χ1) is 10.3. The summed E-state index contributed by atoms with van der Waals surface area (Å²) in [5, 5.41) is 7.07. The highest BCUT2D eigenvalue weighted by Crippen LogP contribution is 2.21.